The number of hydrogen-bond donors (Lipinski definition) is 0. The molecule has 0 saturated heterocycles. The Kier molecular flexibility index (Phi) is 13.2. The average molecular weight is 992 g/mol. The summed E-state index contributed by atoms with van der Waals surface area (Å²) < 4.78 is 0. The van der Waals surface area contributed by atoms with Crippen molar-refractivity contribution in [3.63, 3.8) is 0 Å². The average Bonchev–Trinajstić information content (AvgIpc) is 3.39. The number of nitrogens with zero attached hydrogens (tertiary/aromatic N) is 2. The fourth-order valence-electron chi connectivity index (χ4n) is 10.7. The Hall–Kier alpha value is -6.02. The van der Waals surface area contributed by atoms with Crippen molar-refractivity contribution in [1.29, 1.82) is 0 Å². The molecule has 0 amide bonds. The molecule has 0 unspecified atom stereocenters. The van der Waals surface area contributed by atoms with Gasteiger partial charge in [-0.15, -0.1) is 0 Å². The highest BCUT2D eigenvalue weighted by Crippen LogP contribution is 2.48. The molecule has 70 heavy (non-hydrogen) atoms. The first-order valence-electron chi connectivity index (χ1n) is 24.5. The summed E-state index contributed by atoms with van der Waals surface area (Å²) >= 11 is 17.4. The van der Waals surface area contributed by atoms with Crippen LogP contribution in [-0.4, -0.2) is 24.7 Å². The fraction of sp³-hybridized carbons (Fsp3) is 0.194. The highest BCUT2D eigenvalue weighted by molar-refractivity contribution is 7.99. The number of ketones is 2. The molecule has 4 aliphatic rings. The minimum Gasteiger partial charge on any atom is -0.341 e. The minimum absolute atomic E-state index is 0.0895. The van der Waals surface area contributed by atoms with Gasteiger partial charge in [0.05, 0.1) is 10.0 Å². The largest absolute Gasteiger partial charge is 0.341 e. The lowest BCUT2D eigenvalue weighted by atomic mass is 9.85. The van der Waals surface area contributed by atoms with Gasteiger partial charge in [0.2, 0.25) is 0 Å². The molecule has 8 heteroatoms. The molecular weight excluding hydrogens is 940 g/mol. The smallest absolute Gasteiger partial charge is 0.196 e. The zero-order chi connectivity index (χ0) is 47.9. The number of rotatable bonds is 10. The van der Waals surface area contributed by atoms with Crippen LogP contribution in [0.4, 0.5) is 22.7 Å². The Balaban J connectivity index is 0.000000158. The van der Waals surface area contributed by atoms with Crippen molar-refractivity contribution in [2.45, 2.75) is 84.8 Å². The lowest BCUT2D eigenvalue weighted by molar-refractivity contribution is 0.102. The molecule has 4 aliphatic heterocycles. The summed E-state index contributed by atoms with van der Waals surface area (Å²) in [4.78, 5) is 38.2. The molecule has 0 atom stereocenters. The van der Waals surface area contributed by atoms with Crippen LogP contribution in [0, 0.1) is 0 Å². The van der Waals surface area contributed by atoms with Gasteiger partial charge in [-0.3, -0.25) is 9.59 Å². The van der Waals surface area contributed by atoms with E-state index < -0.39 is 0 Å². The number of unbranched alkanes of at least 4 members (excludes halogenated alkanes) is 2. The monoisotopic (exact) mass is 990 g/mol. The fourth-order valence-corrected chi connectivity index (χ4v) is 13.4. The van der Waals surface area contributed by atoms with E-state index in [1.165, 1.54) is 53.2 Å². The summed E-state index contributed by atoms with van der Waals surface area (Å²) in [6, 6.07) is 54.2. The molecule has 0 fully saturated rings. The third-order valence-electron chi connectivity index (χ3n) is 14.2. The molecule has 0 N–H and O–H groups in total. The van der Waals surface area contributed by atoms with Crippen LogP contribution in [0.25, 0.3) is 0 Å². The van der Waals surface area contributed by atoms with Crippen molar-refractivity contribution in [3.05, 3.63) is 235 Å². The van der Waals surface area contributed by atoms with Crippen molar-refractivity contribution < 1.29 is 9.59 Å². The highest BCUT2D eigenvalue weighted by Gasteiger charge is 2.34. The lowest BCUT2D eigenvalue weighted by Gasteiger charge is -2.36. The van der Waals surface area contributed by atoms with Gasteiger partial charge in [0.1, 0.15) is 0 Å². The van der Waals surface area contributed by atoms with Crippen LogP contribution < -0.4 is 9.80 Å². The first-order chi connectivity index (χ1) is 34.3. The van der Waals surface area contributed by atoms with Crippen LogP contribution in [-0.2, 0) is 25.7 Å². The summed E-state index contributed by atoms with van der Waals surface area (Å²) in [6.45, 7) is 6.19. The maximum absolute atomic E-state index is 14.7. The topological polar surface area (TPSA) is 40.6 Å². The zero-order valence-electron chi connectivity index (χ0n) is 39.4. The molecule has 0 spiro atoms. The van der Waals surface area contributed by atoms with Gasteiger partial charge in [0.15, 0.2) is 11.6 Å². The molecule has 0 bridgehead atoms. The van der Waals surface area contributed by atoms with Crippen LogP contribution in [0.2, 0.25) is 10.0 Å². The predicted octanol–water partition coefficient (Wildman–Crippen LogP) is 16.9. The number of halogens is 2. The van der Waals surface area contributed by atoms with Gasteiger partial charge in [0, 0.05) is 103 Å². The van der Waals surface area contributed by atoms with Crippen molar-refractivity contribution in [2.75, 3.05) is 22.9 Å². The second-order valence-corrected chi connectivity index (χ2v) is 21.4. The van der Waals surface area contributed by atoms with Gasteiger partial charge in [-0.1, -0.05) is 170 Å². The van der Waals surface area contributed by atoms with Crippen molar-refractivity contribution >= 4 is 81.0 Å². The summed E-state index contributed by atoms with van der Waals surface area (Å²) in [5.74, 6) is 0.0528. The van der Waals surface area contributed by atoms with Gasteiger partial charge in [-0.05, 0) is 118 Å². The molecule has 348 valence electrons. The first kappa shape index (κ1) is 46.4. The summed E-state index contributed by atoms with van der Waals surface area (Å²) in [5, 5.41) is 0.956. The molecule has 4 heterocycles. The van der Waals surface area contributed by atoms with E-state index in [1.54, 1.807) is 23.5 Å². The minimum atomic E-state index is -0.0895. The molecule has 0 radical (unpaired) electrons. The Bertz CT molecular complexity index is 3150. The maximum Gasteiger partial charge on any atom is 0.196 e. The van der Waals surface area contributed by atoms with Gasteiger partial charge in [-0.25, -0.2) is 0 Å². The normalized spacial score (nSPS) is 13.5. The first-order valence-corrected chi connectivity index (χ1v) is 26.9. The lowest BCUT2D eigenvalue weighted by Crippen LogP contribution is -2.27. The third kappa shape index (κ3) is 8.57. The van der Waals surface area contributed by atoms with Crippen molar-refractivity contribution in [1.82, 2.24) is 0 Å². The summed E-state index contributed by atoms with van der Waals surface area (Å²) in [5.41, 5.74) is 16.7. The van der Waals surface area contributed by atoms with Crippen LogP contribution in [0.3, 0.4) is 0 Å². The van der Waals surface area contributed by atoms with Crippen LogP contribution in [0.15, 0.2) is 177 Å². The zero-order valence-corrected chi connectivity index (χ0v) is 42.5. The Morgan fingerprint density at radius 2 is 0.800 bits per heavy atom. The third-order valence-corrected chi connectivity index (χ3v) is 17.2. The van der Waals surface area contributed by atoms with E-state index in [4.69, 9.17) is 23.2 Å². The van der Waals surface area contributed by atoms with Crippen molar-refractivity contribution in [2.24, 2.45) is 0 Å². The molecule has 8 aromatic carbocycles. The SMILES string of the molecule is CCCCN1c2ccccc2Cc2c1ccc(Cl)c2C(=O)c1c(Cl)ccc2c1Cc1ccccc1N2CCCC.O=C(c1cccc2c1Cc1ccccc1S2)c1cccc2c1Cc1ccccc1S2. The molecule has 12 rings (SSSR count). The maximum atomic E-state index is 14.7. The second kappa shape index (κ2) is 20.0. The second-order valence-electron chi connectivity index (χ2n) is 18.5. The number of hydrogen-bond acceptors (Lipinski definition) is 6. The number of fused-ring (bicyclic) bond motifs is 8. The molecule has 4 nitrogen and oxygen atoms in total. The Morgan fingerprint density at radius 3 is 1.24 bits per heavy atom. The van der Waals surface area contributed by atoms with E-state index in [1.807, 2.05) is 36.4 Å². The predicted molar refractivity (Wildman–Crippen MR) is 292 cm³/mol. The highest BCUT2D eigenvalue weighted by atomic mass is 35.5. The van der Waals surface area contributed by atoms with Crippen LogP contribution in [0.1, 0.15) is 116 Å². The van der Waals surface area contributed by atoms with E-state index in [-0.39, 0.29) is 11.6 Å². The van der Waals surface area contributed by atoms with Crippen molar-refractivity contribution in [3.8, 4) is 0 Å². The summed E-state index contributed by atoms with van der Waals surface area (Å²) in [7, 11) is 0. The van der Waals surface area contributed by atoms with Crippen LogP contribution >= 0.6 is 46.7 Å². The quantitative estimate of drug-likeness (QED) is 0.127. The molecular formula is C62H52Cl2N2O2S2. The van der Waals surface area contributed by atoms with Gasteiger partial charge in [-0.2, -0.15) is 0 Å². The number of carbonyl (C=O) groups is 2. The van der Waals surface area contributed by atoms with E-state index in [0.717, 1.165) is 96.4 Å². The Labute approximate surface area is 430 Å². The van der Waals surface area contributed by atoms with E-state index in [2.05, 4.69) is 145 Å². The molecule has 0 saturated carbocycles. The van der Waals surface area contributed by atoms with E-state index in [0.29, 0.717) is 34.0 Å². The number of carbonyl (C=O) groups excluding carboxylic acids is 2. The van der Waals surface area contributed by atoms with Gasteiger partial charge >= 0.3 is 0 Å². The number of anilines is 4. The van der Waals surface area contributed by atoms with E-state index in [9.17, 15) is 9.59 Å². The Morgan fingerprint density at radius 1 is 0.414 bits per heavy atom. The van der Waals surface area contributed by atoms with Crippen LogP contribution in [0.5, 0.6) is 0 Å². The van der Waals surface area contributed by atoms with E-state index >= 15 is 0 Å². The van der Waals surface area contributed by atoms with Gasteiger partial charge < -0.3 is 9.80 Å². The van der Waals surface area contributed by atoms with Gasteiger partial charge in [0.25, 0.3) is 0 Å². The summed E-state index contributed by atoms with van der Waals surface area (Å²) in [6.07, 6.45) is 7.25. The standard InChI is InChI=1S/C35H34Cl2N2O.C27H18OS2/c1-3-5-19-38-29-13-9-7-11-23(29)21-25-31(38)17-15-27(36)33(25)35(40)34-26-22-24-12-8-10-14-30(24)39(20-6-4-2)32(26)18-16-28(34)37;28-27(19-9-5-13-25-21(19)15-17-7-1-3-11-23(17)29-25)20-10-6-14-26-22(20)16-18-8-2-4-12-24(18)30-26/h7-18H,3-6,19-22H2,1-2H3;1-14H,15-16H2. The number of para-hydroxylation sites is 2. The molecule has 0 aliphatic carbocycles. The molecule has 8 aromatic rings. The molecule has 0 aromatic heterocycles. The number of benzene rings is 8.